The van der Waals surface area contributed by atoms with Crippen LogP contribution in [0.5, 0.6) is 0 Å². The van der Waals surface area contributed by atoms with Crippen molar-refractivity contribution in [2.24, 2.45) is 0 Å². The average Bonchev–Trinajstić information content (AvgIpc) is 3.43. The third kappa shape index (κ3) is 11.8. The van der Waals surface area contributed by atoms with Crippen LogP contribution in [0.3, 0.4) is 0 Å². The molecule has 8 nitrogen and oxygen atoms in total. The van der Waals surface area contributed by atoms with E-state index in [1.54, 1.807) is 0 Å². The van der Waals surface area contributed by atoms with E-state index in [1.165, 1.54) is 0 Å². The molecular formula is C16H28O8P2PtS4. The Hall–Kier alpha value is 2.37. The summed E-state index contributed by atoms with van der Waals surface area (Å²) in [6, 6.07) is 0. The molecule has 4 heterocycles. The Labute approximate surface area is 219 Å². The van der Waals surface area contributed by atoms with Crippen molar-refractivity contribution in [3.63, 3.8) is 0 Å². The van der Waals surface area contributed by atoms with Crippen LogP contribution in [0.25, 0.3) is 0 Å². The van der Waals surface area contributed by atoms with Crippen LogP contribution in [0.1, 0.15) is 25.7 Å². The van der Waals surface area contributed by atoms with Crippen molar-refractivity contribution < 1.29 is 58.1 Å². The average molecular weight is 734 g/mol. The first-order valence-corrected chi connectivity index (χ1v) is 17.3. The Morgan fingerprint density at radius 1 is 0.548 bits per heavy atom. The molecule has 4 aliphatic rings. The fourth-order valence-electron chi connectivity index (χ4n) is 3.16. The summed E-state index contributed by atoms with van der Waals surface area (Å²) in [5, 5.41) is 0. The van der Waals surface area contributed by atoms with Crippen LogP contribution in [0.4, 0.5) is 0 Å². The summed E-state index contributed by atoms with van der Waals surface area (Å²) in [5.41, 5.74) is -5.07. The van der Waals surface area contributed by atoms with Gasteiger partial charge >= 0.3 is 21.1 Å². The molecule has 0 aliphatic carbocycles. The molecule has 31 heavy (non-hydrogen) atoms. The van der Waals surface area contributed by atoms with Crippen molar-refractivity contribution >= 4 is 59.5 Å². The van der Waals surface area contributed by atoms with Crippen LogP contribution in [-0.4, -0.2) is 77.3 Å². The van der Waals surface area contributed by atoms with Crippen LogP contribution in [0.2, 0.25) is 0 Å². The normalized spacial score (nSPS) is 34.4. The molecule has 4 unspecified atom stereocenters. The zero-order valence-electron chi connectivity index (χ0n) is 16.9. The largest absolute Gasteiger partial charge is 2.00 e. The van der Waals surface area contributed by atoms with Gasteiger partial charge in [0.05, 0.1) is 62.2 Å². The van der Waals surface area contributed by atoms with E-state index in [4.69, 9.17) is 85.2 Å². The first-order valence-electron chi connectivity index (χ1n) is 9.98. The van der Waals surface area contributed by atoms with Crippen molar-refractivity contribution in [3.8, 4) is 0 Å². The Balaban J connectivity index is 0.000000213. The molecule has 0 radical (unpaired) electrons. The van der Waals surface area contributed by atoms with Gasteiger partial charge in [-0.25, -0.2) is 0 Å². The summed E-state index contributed by atoms with van der Waals surface area (Å²) < 4.78 is 43.2. The van der Waals surface area contributed by atoms with Gasteiger partial charge in [0.1, 0.15) is 0 Å². The summed E-state index contributed by atoms with van der Waals surface area (Å²) in [6.07, 6.45) is 3.54. The standard InChI is InChI=1S/2C8H15O4PS2.Pt/c2*14-13(15,11-7-1-3-9-5-7)12-8-2-4-10-6-8;/h2*7-8H,1-6H2,(H,14,15);/q;;+2/p-2. The van der Waals surface area contributed by atoms with Crippen molar-refractivity contribution in [3.05, 3.63) is 0 Å². The Morgan fingerprint density at radius 3 is 0.935 bits per heavy atom. The first kappa shape index (κ1) is 29.6. The molecule has 0 aromatic carbocycles. The van der Waals surface area contributed by atoms with E-state index >= 15 is 0 Å². The summed E-state index contributed by atoms with van der Waals surface area (Å²) in [4.78, 5) is 0. The first-order chi connectivity index (χ1) is 14.3. The summed E-state index contributed by atoms with van der Waals surface area (Å²) in [5.74, 6) is 0. The van der Waals surface area contributed by atoms with Gasteiger partial charge in [-0.2, -0.15) is 0 Å². The van der Waals surface area contributed by atoms with E-state index in [2.05, 4.69) is 0 Å². The minimum atomic E-state index is -2.53. The molecule has 0 spiro atoms. The predicted molar refractivity (Wildman–Crippen MR) is 125 cm³/mol. The Bertz CT molecular complexity index is 516. The minimum absolute atomic E-state index is 0. The number of ether oxygens (including phenoxy) is 4. The molecule has 4 fully saturated rings. The molecule has 184 valence electrons. The maximum atomic E-state index is 5.60. The molecule has 4 atom stereocenters. The second-order valence-electron chi connectivity index (χ2n) is 7.26. The molecule has 0 aromatic heterocycles. The fraction of sp³-hybridized carbons (Fsp3) is 1.00. The van der Waals surface area contributed by atoms with Crippen LogP contribution in [0.15, 0.2) is 0 Å². The van der Waals surface area contributed by atoms with Gasteiger partial charge in [-0.3, -0.25) is 0 Å². The van der Waals surface area contributed by atoms with Crippen molar-refractivity contribution in [2.75, 3.05) is 52.9 Å². The minimum Gasteiger partial charge on any atom is -0.691 e. The van der Waals surface area contributed by atoms with Gasteiger partial charge < -0.3 is 61.5 Å². The van der Waals surface area contributed by atoms with Crippen molar-refractivity contribution in [1.82, 2.24) is 0 Å². The third-order valence-corrected chi connectivity index (χ3v) is 8.96. The maximum Gasteiger partial charge on any atom is 2.00 e. The maximum absolute atomic E-state index is 5.60. The van der Waals surface area contributed by atoms with Gasteiger partial charge in [0.15, 0.2) is 0 Å². The SMILES string of the molecule is S=P([S-])(OC1CCOC1)OC1CCOC1.S=P([S-])(OC1CCOC1)OC1CCOC1.[Pt+2]. The van der Waals surface area contributed by atoms with Crippen LogP contribution >= 0.6 is 11.4 Å². The zero-order valence-corrected chi connectivity index (χ0v) is 24.2. The monoisotopic (exact) mass is 733 g/mol. The van der Waals surface area contributed by atoms with Gasteiger partial charge in [-0.05, 0) is 25.7 Å². The number of rotatable bonds is 8. The molecule has 0 amide bonds. The Kier molecular flexibility index (Phi) is 14.1. The number of hydrogen-bond acceptors (Lipinski definition) is 12. The third-order valence-electron chi connectivity index (χ3n) is 4.66. The number of hydrogen-bond donors (Lipinski definition) is 0. The summed E-state index contributed by atoms with van der Waals surface area (Å²) in [7, 11) is 0. The molecule has 4 aliphatic heterocycles. The fourth-order valence-corrected chi connectivity index (χ4v) is 8.31. The van der Waals surface area contributed by atoms with Crippen molar-refractivity contribution in [2.45, 2.75) is 50.1 Å². The second kappa shape index (κ2) is 14.8. The summed E-state index contributed by atoms with van der Waals surface area (Å²) in [6.45, 7) is 5.23. The van der Waals surface area contributed by atoms with Gasteiger partial charge in [0.2, 0.25) is 0 Å². The van der Waals surface area contributed by atoms with E-state index in [0.717, 1.165) is 52.1 Å². The molecule has 15 heteroatoms. The molecule has 0 bridgehead atoms. The zero-order chi connectivity index (χ0) is 21.5. The second-order valence-corrected chi connectivity index (χ2v) is 17.0. The smallest absolute Gasteiger partial charge is 0.691 e. The molecule has 4 saturated heterocycles. The van der Waals surface area contributed by atoms with E-state index in [-0.39, 0.29) is 45.5 Å². The van der Waals surface area contributed by atoms with Gasteiger partial charge in [-0.15, -0.1) is 0 Å². The quantitative estimate of drug-likeness (QED) is 0.272. The van der Waals surface area contributed by atoms with Crippen LogP contribution in [0, 0.1) is 0 Å². The van der Waals surface area contributed by atoms with Crippen LogP contribution in [-0.2, 0) is 106 Å². The molecule has 0 saturated carbocycles. The van der Waals surface area contributed by atoms with Gasteiger partial charge in [0.25, 0.3) is 0 Å². The van der Waals surface area contributed by atoms with E-state index in [0.29, 0.717) is 26.4 Å². The van der Waals surface area contributed by atoms with Gasteiger partial charge in [0, 0.05) is 26.4 Å². The van der Waals surface area contributed by atoms with E-state index in [1.807, 2.05) is 0 Å². The molecular weight excluding hydrogens is 705 g/mol. The Morgan fingerprint density at radius 2 is 0.774 bits per heavy atom. The molecule has 4 rings (SSSR count). The van der Waals surface area contributed by atoms with E-state index in [9.17, 15) is 0 Å². The molecule has 0 aromatic rings. The van der Waals surface area contributed by atoms with Crippen molar-refractivity contribution in [1.29, 1.82) is 0 Å². The van der Waals surface area contributed by atoms with E-state index < -0.39 is 11.4 Å². The summed E-state index contributed by atoms with van der Waals surface area (Å²) >= 11 is 20.7. The molecule has 0 N–H and O–H groups in total. The predicted octanol–water partition coefficient (Wildman–Crippen LogP) is 2.74. The topological polar surface area (TPSA) is 73.8 Å². The van der Waals surface area contributed by atoms with Crippen LogP contribution < -0.4 is 0 Å². The van der Waals surface area contributed by atoms with Gasteiger partial charge in [-0.1, -0.05) is 23.6 Å².